The van der Waals surface area contributed by atoms with Gasteiger partial charge < -0.3 is 19.9 Å². The monoisotopic (exact) mass is 521 g/mol. The molecule has 1 atom stereocenters. The van der Waals surface area contributed by atoms with Gasteiger partial charge in [-0.05, 0) is 29.8 Å². The normalized spacial score (nSPS) is 14.4. The molecule has 1 unspecified atom stereocenters. The number of benzene rings is 3. The van der Waals surface area contributed by atoms with Gasteiger partial charge in [0.05, 0.1) is 10.8 Å². The summed E-state index contributed by atoms with van der Waals surface area (Å²) in [5, 5.41) is 20.7. The molecular formula is C24H16BrN3O6. The van der Waals surface area contributed by atoms with Crippen LogP contribution in [0.5, 0.6) is 17.2 Å². The predicted octanol–water partition coefficient (Wildman–Crippen LogP) is 4.56. The Balaban J connectivity index is 1.53. The number of allylic oxidation sites excluding steroid dienone is 1. The number of nitro groups is 1. The average Bonchev–Trinajstić information content (AvgIpc) is 2.82. The van der Waals surface area contributed by atoms with Crippen LogP contribution in [0.1, 0.15) is 17.0 Å². The molecule has 3 aromatic rings. The SMILES string of the molecule is N#CC1=C(N)Oc2cc(OC(=O)COc3ccccc3[N+](=O)[O-])ccc2C1c1ccc(Br)cc1. The van der Waals surface area contributed by atoms with Crippen LogP contribution < -0.4 is 19.9 Å². The van der Waals surface area contributed by atoms with Crippen molar-refractivity contribution >= 4 is 27.6 Å². The largest absolute Gasteiger partial charge is 0.475 e. The van der Waals surface area contributed by atoms with Gasteiger partial charge >= 0.3 is 11.7 Å². The minimum atomic E-state index is -0.764. The van der Waals surface area contributed by atoms with Crippen molar-refractivity contribution in [3.05, 3.63) is 104 Å². The van der Waals surface area contributed by atoms with Gasteiger partial charge in [-0.1, -0.05) is 46.3 Å². The summed E-state index contributed by atoms with van der Waals surface area (Å²) in [5.74, 6) is -0.788. The summed E-state index contributed by atoms with van der Waals surface area (Å²) in [7, 11) is 0. The van der Waals surface area contributed by atoms with Crippen LogP contribution in [0, 0.1) is 21.4 Å². The molecule has 34 heavy (non-hydrogen) atoms. The van der Waals surface area contributed by atoms with E-state index in [0.29, 0.717) is 11.3 Å². The molecule has 3 aromatic carbocycles. The van der Waals surface area contributed by atoms with Crippen LogP contribution in [0.25, 0.3) is 0 Å². The first kappa shape index (κ1) is 22.8. The van der Waals surface area contributed by atoms with E-state index in [0.717, 1.165) is 10.0 Å². The molecule has 10 heteroatoms. The lowest BCUT2D eigenvalue weighted by atomic mass is 9.83. The molecule has 1 heterocycles. The first-order chi connectivity index (χ1) is 16.4. The minimum Gasteiger partial charge on any atom is -0.475 e. The van der Waals surface area contributed by atoms with Gasteiger partial charge in [0.15, 0.2) is 12.4 Å². The first-order valence-corrected chi connectivity index (χ1v) is 10.7. The predicted molar refractivity (Wildman–Crippen MR) is 124 cm³/mol. The van der Waals surface area contributed by atoms with Gasteiger partial charge in [-0.3, -0.25) is 10.1 Å². The Bertz CT molecular complexity index is 1350. The van der Waals surface area contributed by atoms with Crippen molar-refractivity contribution in [3.63, 3.8) is 0 Å². The van der Waals surface area contributed by atoms with Gasteiger partial charge in [-0.25, -0.2) is 4.79 Å². The van der Waals surface area contributed by atoms with Crippen molar-refractivity contribution in [1.82, 2.24) is 0 Å². The Labute approximate surface area is 202 Å². The van der Waals surface area contributed by atoms with Crippen molar-refractivity contribution in [2.24, 2.45) is 5.73 Å². The summed E-state index contributed by atoms with van der Waals surface area (Å²) in [6.07, 6.45) is 0. The van der Waals surface area contributed by atoms with E-state index < -0.39 is 23.4 Å². The lowest BCUT2D eigenvalue weighted by Crippen LogP contribution is -2.21. The topological polar surface area (TPSA) is 138 Å². The number of carbonyl (C=O) groups excluding carboxylic acids is 1. The van der Waals surface area contributed by atoms with E-state index in [1.54, 1.807) is 18.2 Å². The fourth-order valence-corrected chi connectivity index (χ4v) is 3.79. The molecule has 2 N–H and O–H groups in total. The summed E-state index contributed by atoms with van der Waals surface area (Å²) >= 11 is 3.40. The summed E-state index contributed by atoms with van der Waals surface area (Å²) < 4.78 is 17.1. The quantitative estimate of drug-likeness (QED) is 0.215. The second kappa shape index (κ2) is 9.64. The van der Waals surface area contributed by atoms with Crippen LogP contribution >= 0.6 is 15.9 Å². The van der Waals surface area contributed by atoms with Crippen LogP contribution in [0.3, 0.4) is 0 Å². The highest BCUT2D eigenvalue weighted by molar-refractivity contribution is 9.10. The van der Waals surface area contributed by atoms with Crippen LogP contribution in [-0.4, -0.2) is 17.5 Å². The molecule has 9 nitrogen and oxygen atoms in total. The fraction of sp³-hybridized carbons (Fsp3) is 0.0833. The Kier molecular flexibility index (Phi) is 6.47. The van der Waals surface area contributed by atoms with Gasteiger partial charge in [-0.15, -0.1) is 0 Å². The van der Waals surface area contributed by atoms with Gasteiger partial charge in [0, 0.05) is 22.2 Å². The van der Waals surface area contributed by atoms with Gasteiger partial charge in [0.2, 0.25) is 5.88 Å². The Morgan fingerprint density at radius 1 is 1.18 bits per heavy atom. The number of esters is 1. The summed E-state index contributed by atoms with van der Waals surface area (Å²) in [5.41, 5.74) is 7.55. The number of halogens is 1. The van der Waals surface area contributed by atoms with Gasteiger partial charge in [0.1, 0.15) is 23.1 Å². The maximum Gasteiger partial charge on any atom is 0.349 e. The zero-order valence-electron chi connectivity index (χ0n) is 17.4. The van der Waals surface area contributed by atoms with E-state index in [2.05, 4.69) is 22.0 Å². The summed E-state index contributed by atoms with van der Waals surface area (Å²) in [4.78, 5) is 22.7. The molecule has 1 aliphatic rings. The van der Waals surface area contributed by atoms with E-state index in [4.69, 9.17) is 19.9 Å². The molecule has 0 bridgehead atoms. The number of nitro benzene ring substituents is 1. The maximum atomic E-state index is 12.3. The first-order valence-electron chi connectivity index (χ1n) is 9.91. The lowest BCUT2D eigenvalue weighted by molar-refractivity contribution is -0.385. The van der Waals surface area contributed by atoms with E-state index >= 15 is 0 Å². The number of nitrogens with zero attached hydrogens (tertiary/aromatic N) is 2. The van der Waals surface area contributed by atoms with Crippen molar-refractivity contribution in [1.29, 1.82) is 5.26 Å². The van der Waals surface area contributed by atoms with Crippen molar-refractivity contribution in [2.75, 3.05) is 6.61 Å². The highest BCUT2D eigenvalue weighted by Crippen LogP contribution is 2.43. The number of hydrogen-bond donors (Lipinski definition) is 1. The smallest absolute Gasteiger partial charge is 0.349 e. The van der Waals surface area contributed by atoms with Crippen LogP contribution in [-0.2, 0) is 4.79 Å². The average molecular weight is 522 g/mol. The van der Waals surface area contributed by atoms with Gasteiger partial charge in [0.25, 0.3) is 0 Å². The molecule has 170 valence electrons. The molecule has 0 saturated heterocycles. The van der Waals surface area contributed by atoms with E-state index in [-0.39, 0.29) is 28.6 Å². The molecule has 0 saturated carbocycles. The summed E-state index contributed by atoms with van der Waals surface area (Å²) in [6.45, 7) is -0.537. The molecular weight excluding hydrogens is 506 g/mol. The molecule has 0 aromatic heterocycles. The fourth-order valence-electron chi connectivity index (χ4n) is 3.52. The summed E-state index contributed by atoms with van der Waals surface area (Å²) in [6, 6.07) is 20.1. The molecule has 0 radical (unpaired) electrons. The second-order valence-electron chi connectivity index (χ2n) is 7.16. The van der Waals surface area contributed by atoms with Gasteiger partial charge in [-0.2, -0.15) is 5.26 Å². The molecule has 1 aliphatic heterocycles. The third kappa shape index (κ3) is 4.69. The van der Waals surface area contributed by atoms with E-state index in [9.17, 15) is 20.2 Å². The lowest BCUT2D eigenvalue weighted by Gasteiger charge is -2.26. The highest BCUT2D eigenvalue weighted by atomic mass is 79.9. The maximum absolute atomic E-state index is 12.3. The zero-order chi connectivity index (χ0) is 24.2. The number of nitriles is 1. The number of carbonyl (C=O) groups is 1. The van der Waals surface area contributed by atoms with E-state index in [1.807, 2.05) is 24.3 Å². The molecule has 4 rings (SSSR count). The minimum absolute atomic E-state index is 0.0360. The standard InChI is InChI=1S/C24H16BrN3O6/c25-15-7-5-14(6-8-15)23-17-10-9-16(11-21(17)34-24(27)18(23)12-26)33-22(29)13-32-20-4-2-1-3-19(20)28(30)31/h1-11,23H,13,27H2. The van der Waals surface area contributed by atoms with Crippen LogP contribution in [0.4, 0.5) is 5.69 Å². The number of para-hydroxylation sites is 2. The number of fused-ring (bicyclic) bond motifs is 1. The van der Waals surface area contributed by atoms with E-state index in [1.165, 1.54) is 24.3 Å². The Morgan fingerprint density at radius 3 is 2.62 bits per heavy atom. The number of nitrogens with two attached hydrogens (primary N) is 1. The molecule has 0 aliphatic carbocycles. The Hall–Kier alpha value is -4.36. The third-order valence-electron chi connectivity index (χ3n) is 5.03. The van der Waals surface area contributed by atoms with Crippen molar-refractivity contribution in [3.8, 4) is 23.3 Å². The number of hydrogen-bond acceptors (Lipinski definition) is 8. The highest BCUT2D eigenvalue weighted by Gasteiger charge is 2.31. The number of rotatable bonds is 6. The molecule has 0 fully saturated rings. The Morgan fingerprint density at radius 2 is 1.91 bits per heavy atom. The van der Waals surface area contributed by atoms with Crippen molar-refractivity contribution < 1.29 is 23.9 Å². The van der Waals surface area contributed by atoms with Crippen LogP contribution in [0.15, 0.2) is 82.7 Å². The van der Waals surface area contributed by atoms with Crippen molar-refractivity contribution in [2.45, 2.75) is 5.92 Å². The third-order valence-corrected chi connectivity index (χ3v) is 5.56. The number of ether oxygens (including phenoxy) is 3. The van der Waals surface area contributed by atoms with Crippen LogP contribution in [0.2, 0.25) is 0 Å². The zero-order valence-corrected chi connectivity index (χ0v) is 19.0. The molecule has 0 spiro atoms. The second-order valence-corrected chi connectivity index (χ2v) is 8.08. The molecule has 0 amide bonds.